The van der Waals surface area contributed by atoms with E-state index in [4.69, 9.17) is 4.74 Å². The molecule has 0 spiro atoms. The highest BCUT2D eigenvalue weighted by molar-refractivity contribution is 5.18. The second-order valence-electron chi connectivity index (χ2n) is 6.91. The first-order valence-corrected chi connectivity index (χ1v) is 9.25. The van der Waals surface area contributed by atoms with Crippen LogP contribution < -0.4 is 0 Å². The molecule has 0 saturated carbocycles. The van der Waals surface area contributed by atoms with E-state index < -0.39 is 0 Å². The average molecular weight is 345 g/mol. The second kappa shape index (κ2) is 8.59. The molecule has 1 saturated heterocycles. The molecule has 1 aromatic heterocycles. The van der Waals surface area contributed by atoms with E-state index >= 15 is 0 Å². The van der Waals surface area contributed by atoms with Crippen molar-refractivity contribution in [3.8, 4) is 0 Å². The third kappa shape index (κ3) is 4.89. The normalized spacial score (nSPS) is 17.5. The fraction of sp³-hybridized carbons (Fsp3) is 0.550. The summed E-state index contributed by atoms with van der Waals surface area (Å²) in [7, 11) is 0. The highest BCUT2D eigenvalue weighted by Crippen LogP contribution is 2.19. The van der Waals surface area contributed by atoms with Crippen LogP contribution in [0, 0.1) is 12.7 Å². The number of ether oxygens (including phenoxy) is 1. The Labute approximate surface area is 149 Å². The standard InChI is InChI=1S/C20H28FN3O/c1-3-10-24-16(2)18(12-22-24)14-23(15-20-5-4-11-25-20)13-17-6-8-19(21)9-7-17/h6-9,12,20H,3-5,10-11,13-15H2,1-2H3. The predicted octanol–water partition coefficient (Wildman–Crippen LogP) is 3.92. The monoisotopic (exact) mass is 345 g/mol. The topological polar surface area (TPSA) is 30.3 Å². The summed E-state index contributed by atoms with van der Waals surface area (Å²) < 4.78 is 21.1. The Morgan fingerprint density at radius 1 is 1.28 bits per heavy atom. The Kier molecular flexibility index (Phi) is 6.21. The van der Waals surface area contributed by atoms with Crippen LogP contribution in [0.3, 0.4) is 0 Å². The van der Waals surface area contributed by atoms with Gasteiger partial charge >= 0.3 is 0 Å². The van der Waals surface area contributed by atoms with E-state index in [1.165, 1.54) is 23.4 Å². The molecular formula is C20H28FN3O. The van der Waals surface area contributed by atoms with Gasteiger partial charge in [0.2, 0.25) is 0 Å². The minimum atomic E-state index is -0.189. The molecule has 1 aromatic carbocycles. The minimum absolute atomic E-state index is 0.189. The van der Waals surface area contributed by atoms with Gasteiger partial charge in [-0.1, -0.05) is 19.1 Å². The van der Waals surface area contributed by atoms with Gasteiger partial charge in [0.1, 0.15) is 5.82 Å². The van der Waals surface area contributed by atoms with Gasteiger partial charge in [-0.15, -0.1) is 0 Å². The van der Waals surface area contributed by atoms with Crippen LogP contribution in [0.5, 0.6) is 0 Å². The zero-order chi connectivity index (χ0) is 17.6. The summed E-state index contributed by atoms with van der Waals surface area (Å²) in [6.07, 6.45) is 5.62. The smallest absolute Gasteiger partial charge is 0.123 e. The molecule has 0 bridgehead atoms. The number of aromatic nitrogens is 2. The van der Waals surface area contributed by atoms with Crippen molar-refractivity contribution in [1.29, 1.82) is 0 Å². The van der Waals surface area contributed by atoms with Crippen molar-refractivity contribution in [1.82, 2.24) is 14.7 Å². The van der Waals surface area contributed by atoms with Crippen LogP contribution in [0.1, 0.15) is 43.0 Å². The van der Waals surface area contributed by atoms with Crippen LogP contribution in [-0.4, -0.2) is 33.9 Å². The lowest BCUT2D eigenvalue weighted by Crippen LogP contribution is -2.31. The minimum Gasteiger partial charge on any atom is -0.377 e. The third-order valence-corrected chi connectivity index (χ3v) is 4.84. The number of halogens is 1. The van der Waals surface area contributed by atoms with Crippen molar-refractivity contribution in [2.75, 3.05) is 13.2 Å². The molecule has 0 radical (unpaired) electrons. The van der Waals surface area contributed by atoms with Crippen molar-refractivity contribution in [2.24, 2.45) is 0 Å². The Bertz CT molecular complexity index is 662. The zero-order valence-electron chi connectivity index (χ0n) is 15.2. The quantitative estimate of drug-likeness (QED) is 0.726. The van der Waals surface area contributed by atoms with E-state index in [9.17, 15) is 4.39 Å². The summed E-state index contributed by atoms with van der Waals surface area (Å²) >= 11 is 0. The van der Waals surface area contributed by atoms with Crippen LogP contribution in [0.4, 0.5) is 4.39 Å². The molecule has 1 atom stereocenters. The van der Waals surface area contributed by atoms with Crippen molar-refractivity contribution in [3.63, 3.8) is 0 Å². The maximum absolute atomic E-state index is 13.2. The number of nitrogens with zero attached hydrogens (tertiary/aromatic N) is 3. The molecule has 4 nitrogen and oxygen atoms in total. The molecule has 3 rings (SSSR count). The fourth-order valence-electron chi connectivity index (χ4n) is 3.43. The number of benzene rings is 1. The van der Waals surface area contributed by atoms with E-state index in [0.717, 1.165) is 57.6 Å². The van der Waals surface area contributed by atoms with Gasteiger partial charge in [0, 0.05) is 44.0 Å². The Morgan fingerprint density at radius 3 is 2.76 bits per heavy atom. The highest BCUT2D eigenvalue weighted by Gasteiger charge is 2.21. The molecule has 2 heterocycles. The highest BCUT2D eigenvalue weighted by atomic mass is 19.1. The number of aryl methyl sites for hydroxylation is 1. The maximum Gasteiger partial charge on any atom is 0.123 e. The molecule has 5 heteroatoms. The lowest BCUT2D eigenvalue weighted by molar-refractivity contribution is 0.0678. The number of hydrogen-bond acceptors (Lipinski definition) is 3. The molecule has 2 aromatic rings. The Hall–Kier alpha value is -1.72. The Balaban J connectivity index is 1.72. The molecule has 0 N–H and O–H groups in total. The van der Waals surface area contributed by atoms with Gasteiger partial charge in [-0.3, -0.25) is 9.58 Å². The third-order valence-electron chi connectivity index (χ3n) is 4.84. The van der Waals surface area contributed by atoms with Gasteiger partial charge in [0.05, 0.1) is 12.3 Å². The summed E-state index contributed by atoms with van der Waals surface area (Å²) in [5, 5.41) is 4.52. The van der Waals surface area contributed by atoms with Crippen LogP contribution >= 0.6 is 0 Å². The molecule has 25 heavy (non-hydrogen) atoms. The van der Waals surface area contributed by atoms with Crippen LogP contribution in [0.25, 0.3) is 0 Å². The van der Waals surface area contributed by atoms with E-state index in [0.29, 0.717) is 6.10 Å². The molecule has 1 aliphatic heterocycles. The van der Waals surface area contributed by atoms with E-state index in [1.807, 2.05) is 18.3 Å². The molecule has 1 aliphatic rings. The molecule has 136 valence electrons. The van der Waals surface area contributed by atoms with Crippen molar-refractivity contribution >= 4 is 0 Å². The summed E-state index contributed by atoms with van der Waals surface area (Å²) in [5.41, 5.74) is 3.62. The molecule has 0 amide bonds. The summed E-state index contributed by atoms with van der Waals surface area (Å²) in [6, 6.07) is 6.80. The number of rotatable bonds is 8. The maximum atomic E-state index is 13.2. The average Bonchev–Trinajstić information content (AvgIpc) is 3.22. The largest absolute Gasteiger partial charge is 0.377 e. The van der Waals surface area contributed by atoms with Crippen molar-refractivity contribution in [2.45, 2.75) is 58.8 Å². The van der Waals surface area contributed by atoms with Gasteiger partial charge < -0.3 is 4.74 Å². The lowest BCUT2D eigenvalue weighted by atomic mass is 10.1. The lowest BCUT2D eigenvalue weighted by Gasteiger charge is -2.25. The Morgan fingerprint density at radius 2 is 2.08 bits per heavy atom. The molecule has 1 fully saturated rings. The molecule has 1 unspecified atom stereocenters. The van der Waals surface area contributed by atoms with Crippen LogP contribution in [0.2, 0.25) is 0 Å². The first-order chi connectivity index (χ1) is 12.2. The van der Waals surface area contributed by atoms with Gasteiger partial charge in [0.15, 0.2) is 0 Å². The van der Waals surface area contributed by atoms with Gasteiger partial charge in [-0.05, 0) is 43.9 Å². The zero-order valence-corrected chi connectivity index (χ0v) is 15.2. The SMILES string of the molecule is CCCn1ncc(CN(Cc2ccc(F)cc2)CC2CCCO2)c1C. The molecule has 0 aliphatic carbocycles. The van der Waals surface area contributed by atoms with E-state index in [2.05, 4.69) is 28.5 Å². The van der Waals surface area contributed by atoms with Gasteiger partial charge in [-0.2, -0.15) is 5.10 Å². The van der Waals surface area contributed by atoms with E-state index in [1.54, 1.807) is 0 Å². The van der Waals surface area contributed by atoms with Crippen LogP contribution in [-0.2, 0) is 24.4 Å². The van der Waals surface area contributed by atoms with Crippen molar-refractivity contribution < 1.29 is 9.13 Å². The summed E-state index contributed by atoms with van der Waals surface area (Å²) in [4.78, 5) is 2.39. The predicted molar refractivity (Wildman–Crippen MR) is 96.7 cm³/mol. The first kappa shape index (κ1) is 18.1. The second-order valence-corrected chi connectivity index (χ2v) is 6.91. The van der Waals surface area contributed by atoms with E-state index in [-0.39, 0.29) is 5.82 Å². The summed E-state index contributed by atoms with van der Waals surface area (Å²) in [5.74, 6) is -0.189. The number of hydrogen-bond donors (Lipinski definition) is 0. The molecular weight excluding hydrogens is 317 g/mol. The first-order valence-electron chi connectivity index (χ1n) is 9.25. The fourth-order valence-corrected chi connectivity index (χ4v) is 3.43. The van der Waals surface area contributed by atoms with Gasteiger partial charge in [-0.25, -0.2) is 4.39 Å². The summed E-state index contributed by atoms with van der Waals surface area (Å²) in [6.45, 7) is 8.65. The van der Waals surface area contributed by atoms with Crippen LogP contribution in [0.15, 0.2) is 30.5 Å². The van der Waals surface area contributed by atoms with Gasteiger partial charge in [0.25, 0.3) is 0 Å². The van der Waals surface area contributed by atoms with Crippen molar-refractivity contribution in [3.05, 3.63) is 53.1 Å².